The number of likely N-dealkylation sites (N-methyl/N-ethyl adjacent to an activating group) is 1. The van der Waals surface area contributed by atoms with Crippen LogP contribution in [0.2, 0.25) is 0 Å². The van der Waals surface area contributed by atoms with Gasteiger partial charge in [0.25, 0.3) is 0 Å². The summed E-state index contributed by atoms with van der Waals surface area (Å²) in [5.74, 6) is -0.332. The maximum absolute atomic E-state index is 12.4. The van der Waals surface area contributed by atoms with Gasteiger partial charge in [0.2, 0.25) is 0 Å². The van der Waals surface area contributed by atoms with Gasteiger partial charge in [-0.15, -0.1) is 0 Å². The number of quaternary nitrogens is 1. The van der Waals surface area contributed by atoms with Crippen LogP contribution in [-0.2, 0) is 27.9 Å². The number of hydrogen-bond donors (Lipinski definition) is 1. The Bertz CT molecular complexity index is 1030. The van der Waals surface area contributed by atoms with E-state index in [0.717, 1.165) is 38.5 Å². The van der Waals surface area contributed by atoms with Crippen LogP contribution in [-0.4, -0.2) is 69.0 Å². The topological polar surface area (TPSA) is 91.3 Å². The molecule has 0 amide bonds. The van der Waals surface area contributed by atoms with Crippen LogP contribution in [0.3, 0.4) is 0 Å². The van der Waals surface area contributed by atoms with Crippen molar-refractivity contribution in [3.05, 3.63) is 60.9 Å². The van der Waals surface area contributed by atoms with Crippen molar-refractivity contribution in [2.75, 3.05) is 47.5 Å². The molecule has 0 rings (SSSR count). The van der Waals surface area contributed by atoms with Crippen LogP contribution in [0.5, 0.6) is 0 Å². The lowest BCUT2D eigenvalue weighted by Crippen LogP contribution is -2.37. The van der Waals surface area contributed by atoms with Gasteiger partial charge in [0.15, 0.2) is 6.10 Å². The average molecular weight is 767 g/mol. The second-order valence-electron chi connectivity index (χ2n) is 15.1. The smallest absolute Gasteiger partial charge is 0.472 e. The largest absolute Gasteiger partial charge is 0.492 e. The number of phosphoric ester groups is 1. The molecule has 1 N–H and O–H groups in total. The molecular weight excluding hydrogens is 685 g/mol. The van der Waals surface area contributed by atoms with Crippen molar-refractivity contribution in [2.24, 2.45) is 0 Å². The van der Waals surface area contributed by atoms with Crippen molar-refractivity contribution < 1.29 is 37.3 Å². The maximum atomic E-state index is 12.4. The van der Waals surface area contributed by atoms with Gasteiger partial charge in [-0.1, -0.05) is 146 Å². The molecule has 53 heavy (non-hydrogen) atoms. The van der Waals surface area contributed by atoms with E-state index in [2.05, 4.69) is 62.5 Å². The highest BCUT2D eigenvalue weighted by atomic mass is 31.2. The molecule has 2 unspecified atom stereocenters. The second-order valence-corrected chi connectivity index (χ2v) is 16.5. The fourth-order valence-corrected chi connectivity index (χ4v) is 6.03. The lowest BCUT2D eigenvalue weighted by Gasteiger charge is -2.24. The summed E-state index contributed by atoms with van der Waals surface area (Å²) in [7, 11) is 1.64. The van der Waals surface area contributed by atoms with Gasteiger partial charge >= 0.3 is 13.8 Å². The number of nitrogens with zero attached hydrogens (tertiary/aromatic N) is 1. The summed E-state index contributed by atoms with van der Waals surface area (Å²) in [5, 5.41) is 0. The van der Waals surface area contributed by atoms with E-state index in [0.29, 0.717) is 17.4 Å². The molecule has 9 heteroatoms. The zero-order valence-corrected chi connectivity index (χ0v) is 35.6. The zero-order valence-electron chi connectivity index (χ0n) is 34.7. The predicted octanol–water partition coefficient (Wildman–Crippen LogP) is 12.5. The van der Waals surface area contributed by atoms with Crippen LogP contribution in [0.15, 0.2) is 60.9 Å². The highest BCUT2D eigenvalue weighted by molar-refractivity contribution is 7.47. The summed E-state index contributed by atoms with van der Waals surface area (Å²) >= 11 is 0. The van der Waals surface area contributed by atoms with Crippen LogP contribution in [0, 0.1) is 0 Å². The third kappa shape index (κ3) is 41.1. The minimum atomic E-state index is -4.28. The van der Waals surface area contributed by atoms with Crippen LogP contribution >= 0.6 is 7.82 Å². The monoisotopic (exact) mass is 767 g/mol. The van der Waals surface area contributed by atoms with Crippen molar-refractivity contribution in [1.29, 1.82) is 0 Å². The Morgan fingerprint density at radius 3 is 1.60 bits per heavy atom. The van der Waals surface area contributed by atoms with Gasteiger partial charge in [0, 0.05) is 6.42 Å². The summed E-state index contributed by atoms with van der Waals surface area (Å²) in [5.41, 5.74) is 0. The molecule has 0 heterocycles. The van der Waals surface area contributed by atoms with Crippen LogP contribution in [0.4, 0.5) is 0 Å². The Kier molecular flexibility index (Phi) is 35.6. The van der Waals surface area contributed by atoms with Gasteiger partial charge in [0.05, 0.1) is 34.0 Å². The number of esters is 1. The molecule has 0 bridgehead atoms. The number of carbonyl (C=O) groups is 1. The van der Waals surface area contributed by atoms with E-state index in [-0.39, 0.29) is 32.2 Å². The highest BCUT2D eigenvalue weighted by Crippen LogP contribution is 2.43. The molecule has 0 fully saturated rings. The minimum Gasteiger partial charge on any atom is -0.492 e. The number of rotatable bonds is 38. The van der Waals surface area contributed by atoms with Crippen molar-refractivity contribution in [3.8, 4) is 0 Å². The van der Waals surface area contributed by atoms with E-state index in [1.807, 2.05) is 27.2 Å². The lowest BCUT2D eigenvalue weighted by atomic mass is 10.0. The molecule has 2 atom stereocenters. The average Bonchev–Trinajstić information content (AvgIpc) is 3.11. The highest BCUT2D eigenvalue weighted by Gasteiger charge is 2.25. The lowest BCUT2D eigenvalue weighted by molar-refractivity contribution is -0.870. The summed E-state index contributed by atoms with van der Waals surface area (Å²) < 4.78 is 34.6. The van der Waals surface area contributed by atoms with Gasteiger partial charge < -0.3 is 18.9 Å². The van der Waals surface area contributed by atoms with Crippen LogP contribution in [0.1, 0.15) is 162 Å². The van der Waals surface area contributed by atoms with E-state index >= 15 is 0 Å². The number of unbranched alkanes of at least 4 members (excludes halogenated alkanes) is 16. The van der Waals surface area contributed by atoms with Gasteiger partial charge in [0.1, 0.15) is 19.8 Å². The maximum Gasteiger partial charge on any atom is 0.472 e. The first-order valence-corrected chi connectivity index (χ1v) is 22.6. The number of phosphoric acid groups is 1. The van der Waals surface area contributed by atoms with Crippen LogP contribution < -0.4 is 0 Å². The van der Waals surface area contributed by atoms with Gasteiger partial charge in [-0.3, -0.25) is 13.8 Å². The number of ether oxygens (including phenoxy) is 2. The number of allylic oxidation sites excluding steroid dienone is 9. The molecule has 0 radical (unpaired) electrons. The molecule has 0 aromatic heterocycles. The minimum absolute atomic E-state index is 0.0784. The Balaban J connectivity index is 4.41. The van der Waals surface area contributed by atoms with E-state index in [4.69, 9.17) is 18.5 Å². The van der Waals surface area contributed by atoms with Crippen molar-refractivity contribution in [1.82, 2.24) is 0 Å². The van der Waals surface area contributed by atoms with Crippen molar-refractivity contribution in [2.45, 2.75) is 168 Å². The molecule has 0 aliphatic carbocycles. The first kappa shape index (κ1) is 51.0. The fourth-order valence-electron chi connectivity index (χ4n) is 5.29. The number of hydrogen-bond acceptors (Lipinski definition) is 6. The van der Waals surface area contributed by atoms with E-state index < -0.39 is 13.9 Å². The van der Waals surface area contributed by atoms with Crippen molar-refractivity contribution >= 4 is 13.8 Å². The van der Waals surface area contributed by atoms with E-state index in [1.165, 1.54) is 96.3 Å². The van der Waals surface area contributed by atoms with Gasteiger partial charge in [-0.2, -0.15) is 0 Å². The first-order chi connectivity index (χ1) is 25.6. The first-order valence-electron chi connectivity index (χ1n) is 21.1. The molecule has 0 saturated carbocycles. The SMILES string of the molecule is CCCCC/C=C\C/C=C\C/C=C\C/C=C\CCCC(=O)OCC(COP(=O)(O)OCC[N+](C)(C)C)O/C=C\CCCCCCCCCCCCCC. The number of carbonyl (C=O) groups excluding carboxylic acids is 1. The fraction of sp³-hybridized carbons (Fsp3) is 0.750. The van der Waals surface area contributed by atoms with Gasteiger partial charge in [-0.25, -0.2) is 4.57 Å². The second kappa shape index (κ2) is 37.0. The van der Waals surface area contributed by atoms with E-state index in [1.54, 1.807) is 6.26 Å². The Hall–Kier alpha value is -1.96. The van der Waals surface area contributed by atoms with Crippen molar-refractivity contribution in [3.63, 3.8) is 0 Å². The summed E-state index contributed by atoms with van der Waals surface area (Å²) in [4.78, 5) is 22.6. The standard InChI is InChI=1S/C44H80NO7P/c1-6-8-10-12-14-16-18-20-22-23-24-25-27-29-31-33-35-37-44(46)50-41-43(42-52-53(47,48)51-40-38-45(3,4)5)49-39-36-34-32-30-28-26-21-19-17-15-13-11-9-7-2/h14,16,20,22,24-25,29,31,36,39,43H,6-13,15,17-19,21,23,26-28,30,32-35,37-38,40-42H2,1-5H3/p+1/b16-14-,22-20-,25-24-,31-29-,39-36-. The Morgan fingerprint density at radius 2 is 1.06 bits per heavy atom. The normalized spacial score (nSPS) is 14.4. The molecule has 0 aliphatic heterocycles. The third-order valence-electron chi connectivity index (χ3n) is 8.67. The zero-order chi connectivity index (χ0) is 39.1. The molecule has 308 valence electrons. The summed E-state index contributed by atoms with van der Waals surface area (Å²) in [6.45, 7) is 4.80. The van der Waals surface area contributed by atoms with Crippen LogP contribution in [0.25, 0.3) is 0 Å². The predicted molar refractivity (Wildman–Crippen MR) is 224 cm³/mol. The Morgan fingerprint density at radius 1 is 0.604 bits per heavy atom. The molecule has 0 aromatic carbocycles. The van der Waals surface area contributed by atoms with E-state index in [9.17, 15) is 14.3 Å². The molecule has 0 saturated heterocycles. The molecule has 0 aliphatic rings. The summed E-state index contributed by atoms with van der Waals surface area (Å²) in [6.07, 6.45) is 46.4. The molecule has 8 nitrogen and oxygen atoms in total. The molecule has 0 spiro atoms. The Labute approximate surface area is 326 Å². The molecule has 0 aromatic rings. The third-order valence-corrected chi connectivity index (χ3v) is 9.66. The molecular formula is C44H81NO7P+. The summed E-state index contributed by atoms with van der Waals surface area (Å²) in [6, 6.07) is 0. The van der Waals surface area contributed by atoms with Gasteiger partial charge in [-0.05, 0) is 63.9 Å². The quantitative estimate of drug-likeness (QED) is 0.0167.